The fourth-order valence-corrected chi connectivity index (χ4v) is 2.72. The Labute approximate surface area is 91.4 Å². The first-order valence-corrected chi connectivity index (χ1v) is 6.09. The quantitative estimate of drug-likeness (QED) is 0.729. The first-order chi connectivity index (χ1) is 7.31. The number of hydrogen-bond donors (Lipinski definition) is 2. The van der Waals surface area contributed by atoms with Gasteiger partial charge in [0.2, 0.25) is 0 Å². The van der Waals surface area contributed by atoms with Crippen molar-refractivity contribution in [3.63, 3.8) is 0 Å². The van der Waals surface area contributed by atoms with E-state index in [1.807, 2.05) is 4.90 Å². The first kappa shape index (κ1) is 10.7. The van der Waals surface area contributed by atoms with Gasteiger partial charge in [0.05, 0.1) is 0 Å². The van der Waals surface area contributed by atoms with Crippen molar-refractivity contribution in [1.82, 2.24) is 15.5 Å². The van der Waals surface area contributed by atoms with Gasteiger partial charge in [-0.2, -0.15) is 0 Å². The fourth-order valence-electron chi connectivity index (χ4n) is 2.72. The van der Waals surface area contributed by atoms with Gasteiger partial charge in [-0.15, -0.1) is 0 Å². The highest BCUT2D eigenvalue weighted by Gasteiger charge is 2.30. The molecule has 86 valence electrons. The predicted octanol–water partition coefficient (Wildman–Crippen LogP) is 0.932. The molecule has 15 heavy (non-hydrogen) atoms. The van der Waals surface area contributed by atoms with Crippen LogP contribution in [0.4, 0.5) is 4.79 Å². The van der Waals surface area contributed by atoms with Crippen molar-refractivity contribution in [2.75, 3.05) is 19.6 Å². The molecule has 0 spiro atoms. The zero-order valence-corrected chi connectivity index (χ0v) is 9.46. The first-order valence-electron chi connectivity index (χ1n) is 6.09. The van der Waals surface area contributed by atoms with Gasteiger partial charge in [0.1, 0.15) is 0 Å². The Bertz CT molecular complexity index is 224. The summed E-state index contributed by atoms with van der Waals surface area (Å²) in [5.41, 5.74) is 0. The maximum atomic E-state index is 11.5. The van der Waals surface area contributed by atoms with E-state index in [1.54, 1.807) is 0 Å². The second-order valence-electron chi connectivity index (χ2n) is 4.49. The third-order valence-electron chi connectivity index (χ3n) is 3.52. The topological polar surface area (TPSA) is 44.4 Å². The summed E-state index contributed by atoms with van der Waals surface area (Å²) >= 11 is 0. The Morgan fingerprint density at radius 3 is 2.67 bits per heavy atom. The minimum atomic E-state index is 0.141. The summed E-state index contributed by atoms with van der Waals surface area (Å²) in [5.74, 6) is 0. The molecule has 1 aliphatic heterocycles. The van der Waals surface area contributed by atoms with Crippen molar-refractivity contribution in [3.05, 3.63) is 0 Å². The second kappa shape index (κ2) is 4.84. The third-order valence-corrected chi connectivity index (χ3v) is 3.52. The monoisotopic (exact) mass is 211 g/mol. The van der Waals surface area contributed by atoms with E-state index in [2.05, 4.69) is 17.6 Å². The summed E-state index contributed by atoms with van der Waals surface area (Å²) < 4.78 is 0. The number of nitrogens with zero attached hydrogens (tertiary/aromatic N) is 1. The second-order valence-corrected chi connectivity index (χ2v) is 4.49. The molecule has 2 amide bonds. The van der Waals surface area contributed by atoms with Crippen LogP contribution in [0, 0.1) is 0 Å². The molecule has 0 aromatic carbocycles. The van der Waals surface area contributed by atoms with E-state index >= 15 is 0 Å². The maximum Gasteiger partial charge on any atom is 0.317 e. The van der Waals surface area contributed by atoms with Gasteiger partial charge in [0.25, 0.3) is 0 Å². The van der Waals surface area contributed by atoms with Crippen molar-refractivity contribution in [1.29, 1.82) is 0 Å². The van der Waals surface area contributed by atoms with Crippen LogP contribution in [-0.2, 0) is 0 Å². The van der Waals surface area contributed by atoms with E-state index in [9.17, 15) is 4.79 Å². The SMILES string of the molecule is CCNC1CCC(N2CCNC2=O)CC1. The summed E-state index contributed by atoms with van der Waals surface area (Å²) in [6.07, 6.45) is 4.74. The number of hydrogen-bond acceptors (Lipinski definition) is 2. The minimum absolute atomic E-state index is 0.141. The number of amides is 2. The minimum Gasteiger partial charge on any atom is -0.336 e. The molecule has 0 bridgehead atoms. The summed E-state index contributed by atoms with van der Waals surface area (Å²) in [6.45, 7) is 4.93. The molecule has 0 unspecified atom stereocenters. The summed E-state index contributed by atoms with van der Waals surface area (Å²) in [6, 6.07) is 1.31. The Morgan fingerprint density at radius 1 is 1.40 bits per heavy atom. The van der Waals surface area contributed by atoms with E-state index in [0.29, 0.717) is 12.1 Å². The normalized spacial score (nSPS) is 31.8. The lowest BCUT2D eigenvalue weighted by Crippen LogP contribution is -2.43. The van der Waals surface area contributed by atoms with Crippen molar-refractivity contribution < 1.29 is 4.79 Å². The zero-order valence-electron chi connectivity index (χ0n) is 9.46. The molecule has 0 atom stereocenters. The smallest absolute Gasteiger partial charge is 0.317 e. The van der Waals surface area contributed by atoms with Gasteiger partial charge in [-0.05, 0) is 32.2 Å². The van der Waals surface area contributed by atoms with Crippen LogP contribution in [0.2, 0.25) is 0 Å². The molecule has 2 N–H and O–H groups in total. The highest BCUT2D eigenvalue weighted by molar-refractivity contribution is 5.76. The van der Waals surface area contributed by atoms with Crippen LogP contribution in [0.25, 0.3) is 0 Å². The molecule has 2 aliphatic rings. The molecule has 1 saturated heterocycles. The van der Waals surface area contributed by atoms with E-state index < -0.39 is 0 Å². The molecular weight excluding hydrogens is 190 g/mol. The largest absolute Gasteiger partial charge is 0.336 e. The number of carbonyl (C=O) groups excluding carboxylic acids is 1. The van der Waals surface area contributed by atoms with Crippen LogP contribution in [-0.4, -0.2) is 42.6 Å². The van der Waals surface area contributed by atoms with Crippen LogP contribution in [0.3, 0.4) is 0 Å². The predicted molar refractivity (Wildman–Crippen MR) is 59.8 cm³/mol. The van der Waals surface area contributed by atoms with Crippen LogP contribution in [0.5, 0.6) is 0 Å². The van der Waals surface area contributed by atoms with Gasteiger partial charge in [0.15, 0.2) is 0 Å². The lowest BCUT2D eigenvalue weighted by molar-refractivity contribution is 0.171. The molecule has 0 aromatic rings. The molecule has 0 radical (unpaired) electrons. The van der Waals surface area contributed by atoms with Crippen molar-refractivity contribution in [2.45, 2.75) is 44.7 Å². The van der Waals surface area contributed by atoms with E-state index in [4.69, 9.17) is 0 Å². The summed E-state index contributed by atoms with van der Waals surface area (Å²) in [4.78, 5) is 13.5. The van der Waals surface area contributed by atoms with Crippen LogP contribution >= 0.6 is 0 Å². The van der Waals surface area contributed by atoms with Gasteiger partial charge in [0, 0.05) is 25.2 Å². The molecule has 4 nitrogen and oxygen atoms in total. The van der Waals surface area contributed by atoms with Gasteiger partial charge in [-0.1, -0.05) is 6.92 Å². The van der Waals surface area contributed by atoms with Gasteiger partial charge < -0.3 is 15.5 Å². The molecular formula is C11H21N3O. The van der Waals surface area contributed by atoms with E-state index in [1.165, 1.54) is 12.8 Å². The van der Waals surface area contributed by atoms with E-state index in [-0.39, 0.29) is 6.03 Å². The Balaban J connectivity index is 1.80. The third kappa shape index (κ3) is 2.43. The van der Waals surface area contributed by atoms with Gasteiger partial charge in [-0.3, -0.25) is 0 Å². The molecule has 1 aliphatic carbocycles. The standard InChI is InChI=1S/C11H21N3O/c1-2-12-9-3-5-10(6-4-9)14-8-7-13-11(14)15/h9-10,12H,2-8H2,1H3,(H,13,15). The van der Waals surface area contributed by atoms with Crippen molar-refractivity contribution in [3.8, 4) is 0 Å². The van der Waals surface area contributed by atoms with E-state index in [0.717, 1.165) is 32.5 Å². The van der Waals surface area contributed by atoms with Crippen molar-refractivity contribution in [2.24, 2.45) is 0 Å². The highest BCUT2D eigenvalue weighted by Crippen LogP contribution is 2.24. The zero-order chi connectivity index (χ0) is 10.7. The van der Waals surface area contributed by atoms with Crippen LogP contribution in [0.15, 0.2) is 0 Å². The van der Waals surface area contributed by atoms with Gasteiger partial charge >= 0.3 is 6.03 Å². The average Bonchev–Trinajstić information content (AvgIpc) is 2.66. The number of nitrogens with one attached hydrogen (secondary N) is 2. The molecule has 1 heterocycles. The maximum absolute atomic E-state index is 11.5. The fraction of sp³-hybridized carbons (Fsp3) is 0.909. The Hall–Kier alpha value is -0.770. The molecule has 4 heteroatoms. The number of urea groups is 1. The lowest BCUT2D eigenvalue weighted by Gasteiger charge is -2.34. The molecule has 1 saturated carbocycles. The number of rotatable bonds is 3. The lowest BCUT2D eigenvalue weighted by atomic mass is 9.90. The summed E-state index contributed by atoms with van der Waals surface area (Å²) in [7, 11) is 0. The number of carbonyl (C=O) groups is 1. The van der Waals surface area contributed by atoms with Crippen molar-refractivity contribution >= 4 is 6.03 Å². The van der Waals surface area contributed by atoms with Gasteiger partial charge in [-0.25, -0.2) is 4.79 Å². The summed E-state index contributed by atoms with van der Waals surface area (Å²) in [5, 5.41) is 6.36. The Morgan fingerprint density at radius 2 is 2.13 bits per heavy atom. The molecule has 2 rings (SSSR count). The average molecular weight is 211 g/mol. The molecule has 0 aromatic heterocycles. The molecule has 2 fully saturated rings. The van der Waals surface area contributed by atoms with Crippen LogP contribution < -0.4 is 10.6 Å². The highest BCUT2D eigenvalue weighted by atomic mass is 16.2. The Kier molecular flexibility index (Phi) is 3.46. The van der Waals surface area contributed by atoms with Crippen LogP contribution in [0.1, 0.15) is 32.6 Å².